The minimum absolute atomic E-state index is 0.0857. The molecule has 15 heavy (non-hydrogen) atoms. The molecule has 0 radical (unpaired) electrons. The van der Waals surface area contributed by atoms with Gasteiger partial charge in [0.05, 0.1) is 5.71 Å². The maximum atomic E-state index is 11.2. The van der Waals surface area contributed by atoms with Gasteiger partial charge in [-0.1, -0.05) is 25.9 Å². The number of oxime groups is 1. The number of aliphatic carboxylic acids is 1. The number of carbonyl (C=O) groups is 1. The van der Waals surface area contributed by atoms with Gasteiger partial charge in [0.25, 0.3) is 0 Å². The van der Waals surface area contributed by atoms with E-state index in [0.29, 0.717) is 5.71 Å². The largest absolute Gasteiger partial charge is 0.481 e. The third kappa shape index (κ3) is 0.971. The van der Waals surface area contributed by atoms with E-state index in [1.54, 1.807) is 0 Å². The molecule has 3 unspecified atom stereocenters. The highest BCUT2D eigenvalue weighted by Crippen LogP contribution is 2.66. The lowest BCUT2D eigenvalue weighted by atomic mass is 9.70. The van der Waals surface area contributed by atoms with E-state index >= 15 is 0 Å². The second-order valence-electron chi connectivity index (χ2n) is 5.50. The van der Waals surface area contributed by atoms with Crippen LogP contribution >= 0.6 is 0 Å². The van der Waals surface area contributed by atoms with Crippen LogP contribution in [-0.4, -0.2) is 22.0 Å². The van der Waals surface area contributed by atoms with Gasteiger partial charge in [0.1, 0.15) is 5.92 Å². The van der Waals surface area contributed by atoms with E-state index in [-0.39, 0.29) is 16.7 Å². The summed E-state index contributed by atoms with van der Waals surface area (Å²) >= 11 is 0. The van der Waals surface area contributed by atoms with Gasteiger partial charge in [-0.2, -0.15) is 0 Å². The summed E-state index contributed by atoms with van der Waals surface area (Å²) in [5, 5.41) is 21.5. The van der Waals surface area contributed by atoms with Crippen molar-refractivity contribution >= 4 is 11.7 Å². The molecule has 2 aliphatic rings. The van der Waals surface area contributed by atoms with Crippen LogP contribution in [0.2, 0.25) is 0 Å². The third-order valence-electron chi connectivity index (χ3n) is 4.94. The zero-order valence-electron chi connectivity index (χ0n) is 9.32. The van der Waals surface area contributed by atoms with Crippen molar-refractivity contribution in [2.24, 2.45) is 27.8 Å². The Morgan fingerprint density at radius 3 is 2.47 bits per heavy atom. The van der Waals surface area contributed by atoms with E-state index in [1.807, 2.05) is 6.92 Å². The molecular weight excluding hydrogens is 194 g/mol. The third-order valence-corrected chi connectivity index (χ3v) is 4.94. The van der Waals surface area contributed by atoms with Crippen LogP contribution in [0, 0.1) is 22.7 Å². The number of rotatable bonds is 1. The summed E-state index contributed by atoms with van der Waals surface area (Å²) in [6, 6.07) is 0. The molecule has 84 valence electrons. The topological polar surface area (TPSA) is 69.9 Å². The first-order valence-corrected chi connectivity index (χ1v) is 5.31. The number of hydrogen-bond acceptors (Lipinski definition) is 3. The highest BCUT2D eigenvalue weighted by molar-refractivity contribution is 6.07. The fourth-order valence-corrected chi connectivity index (χ4v) is 3.57. The first kappa shape index (κ1) is 10.5. The molecule has 2 N–H and O–H groups in total. The van der Waals surface area contributed by atoms with Crippen LogP contribution in [0.5, 0.6) is 0 Å². The number of carboxylic acids is 1. The van der Waals surface area contributed by atoms with Gasteiger partial charge < -0.3 is 10.3 Å². The van der Waals surface area contributed by atoms with E-state index in [2.05, 4.69) is 19.0 Å². The number of nitrogens with zero attached hydrogens (tertiary/aromatic N) is 1. The number of fused-ring (bicyclic) bond motifs is 2. The van der Waals surface area contributed by atoms with Crippen LogP contribution in [0.1, 0.15) is 33.6 Å². The first-order chi connectivity index (χ1) is 6.86. The normalized spacial score (nSPS) is 44.9. The zero-order chi connectivity index (χ0) is 11.4. The smallest absolute Gasteiger partial charge is 0.312 e. The number of carboxylic acid groups (broad SMARTS) is 1. The van der Waals surface area contributed by atoms with Crippen LogP contribution in [0.15, 0.2) is 5.16 Å². The average Bonchev–Trinajstić information content (AvgIpc) is 2.46. The van der Waals surface area contributed by atoms with Gasteiger partial charge >= 0.3 is 5.97 Å². The lowest BCUT2D eigenvalue weighted by Crippen LogP contribution is -2.35. The van der Waals surface area contributed by atoms with Crippen LogP contribution in [-0.2, 0) is 4.79 Å². The van der Waals surface area contributed by atoms with Gasteiger partial charge in [0, 0.05) is 5.41 Å². The summed E-state index contributed by atoms with van der Waals surface area (Å²) < 4.78 is 0. The quantitative estimate of drug-likeness (QED) is 0.514. The van der Waals surface area contributed by atoms with Crippen LogP contribution in [0.25, 0.3) is 0 Å². The molecule has 0 aromatic heterocycles. The average molecular weight is 211 g/mol. The fourth-order valence-electron chi connectivity index (χ4n) is 3.57. The van der Waals surface area contributed by atoms with Gasteiger partial charge in [-0.15, -0.1) is 0 Å². The lowest BCUT2D eigenvalue weighted by Gasteiger charge is -2.33. The van der Waals surface area contributed by atoms with Crippen molar-refractivity contribution < 1.29 is 15.1 Å². The van der Waals surface area contributed by atoms with Gasteiger partial charge in [0.2, 0.25) is 0 Å². The molecule has 2 rings (SSSR count). The minimum Gasteiger partial charge on any atom is -0.481 e. The Morgan fingerprint density at radius 1 is 1.47 bits per heavy atom. The molecular formula is C11H17NO3. The van der Waals surface area contributed by atoms with Gasteiger partial charge in [-0.25, -0.2) is 0 Å². The summed E-state index contributed by atoms with van der Waals surface area (Å²) in [7, 11) is 0. The van der Waals surface area contributed by atoms with E-state index in [1.165, 1.54) is 0 Å². The van der Waals surface area contributed by atoms with Crippen molar-refractivity contribution in [2.75, 3.05) is 0 Å². The molecule has 0 saturated heterocycles. The molecule has 2 saturated carbocycles. The molecule has 2 bridgehead atoms. The van der Waals surface area contributed by atoms with Gasteiger partial charge in [0.15, 0.2) is 0 Å². The Hall–Kier alpha value is -1.06. The van der Waals surface area contributed by atoms with Crippen molar-refractivity contribution in [3.8, 4) is 0 Å². The van der Waals surface area contributed by atoms with E-state index in [9.17, 15) is 9.90 Å². The van der Waals surface area contributed by atoms with Crippen molar-refractivity contribution in [1.29, 1.82) is 0 Å². The molecule has 0 aromatic carbocycles. The SMILES string of the molecule is CC12CCC(C(C(=O)O)C1=NO)C2(C)C. The van der Waals surface area contributed by atoms with Crippen LogP contribution in [0.3, 0.4) is 0 Å². The Balaban J connectivity index is 2.54. The monoisotopic (exact) mass is 211 g/mol. The molecule has 0 aliphatic heterocycles. The molecule has 2 aliphatic carbocycles. The highest BCUT2D eigenvalue weighted by Gasteiger charge is 2.66. The van der Waals surface area contributed by atoms with E-state index < -0.39 is 11.9 Å². The maximum absolute atomic E-state index is 11.2. The molecule has 4 nitrogen and oxygen atoms in total. The molecule has 4 heteroatoms. The van der Waals surface area contributed by atoms with Gasteiger partial charge in [-0.05, 0) is 24.2 Å². The first-order valence-electron chi connectivity index (χ1n) is 5.31. The molecule has 0 aromatic rings. The molecule has 0 heterocycles. The van der Waals surface area contributed by atoms with Crippen molar-refractivity contribution in [3.05, 3.63) is 0 Å². The Kier molecular flexibility index (Phi) is 1.91. The zero-order valence-corrected chi connectivity index (χ0v) is 9.32. The number of hydrogen-bond donors (Lipinski definition) is 2. The molecule has 0 amide bonds. The highest BCUT2D eigenvalue weighted by atomic mass is 16.4. The molecule has 2 fully saturated rings. The van der Waals surface area contributed by atoms with Crippen molar-refractivity contribution in [3.63, 3.8) is 0 Å². The summed E-state index contributed by atoms with van der Waals surface area (Å²) in [4.78, 5) is 11.2. The fraction of sp³-hybridized carbons (Fsp3) is 0.818. The second kappa shape index (κ2) is 2.74. The summed E-state index contributed by atoms with van der Waals surface area (Å²) in [6.07, 6.45) is 1.84. The maximum Gasteiger partial charge on any atom is 0.312 e. The Labute approximate surface area is 89.0 Å². The van der Waals surface area contributed by atoms with Crippen LogP contribution < -0.4 is 0 Å². The lowest BCUT2D eigenvalue weighted by molar-refractivity contribution is -0.141. The summed E-state index contributed by atoms with van der Waals surface area (Å²) in [6.45, 7) is 6.18. The molecule has 3 atom stereocenters. The van der Waals surface area contributed by atoms with Crippen molar-refractivity contribution in [2.45, 2.75) is 33.6 Å². The predicted molar refractivity (Wildman–Crippen MR) is 55.0 cm³/mol. The van der Waals surface area contributed by atoms with Crippen LogP contribution in [0.4, 0.5) is 0 Å². The Morgan fingerprint density at radius 2 is 2.07 bits per heavy atom. The van der Waals surface area contributed by atoms with Gasteiger partial charge in [-0.3, -0.25) is 4.79 Å². The second-order valence-corrected chi connectivity index (χ2v) is 5.50. The predicted octanol–water partition coefficient (Wildman–Crippen LogP) is 1.97. The summed E-state index contributed by atoms with van der Waals surface area (Å²) in [5.74, 6) is -1.35. The molecule has 0 spiro atoms. The summed E-state index contributed by atoms with van der Waals surface area (Å²) in [5.41, 5.74) is 0.129. The minimum atomic E-state index is -0.857. The standard InChI is InChI=1S/C11H17NO3/c1-10(2)6-4-5-11(10,3)8(12-15)7(6)9(13)14/h6-7,15H,4-5H2,1-3H3,(H,13,14). The van der Waals surface area contributed by atoms with E-state index in [4.69, 9.17) is 5.21 Å². The van der Waals surface area contributed by atoms with Crippen molar-refractivity contribution in [1.82, 2.24) is 0 Å². The Bertz CT molecular complexity index is 348. The van der Waals surface area contributed by atoms with E-state index in [0.717, 1.165) is 12.8 Å².